The van der Waals surface area contributed by atoms with Crippen molar-refractivity contribution in [2.75, 3.05) is 0 Å². The number of hydrogen-bond acceptors (Lipinski definition) is 6. The first kappa shape index (κ1) is 30.1. The third-order valence-corrected chi connectivity index (χ3v) is 8.64. The van der Waals surface area contributed by atoms with Crippen LogP contribution >= 0.6 is 0 Å². The van der Waals surface area contributed by atoms with Gasteiger partial charge in [-0.25, -0.2) is 32.5 Å². The highest BCUT2D eigenvalue weighted by molar-refractivity contribution is 5.93. The summed E-state index contributed by atoms with van der Waals surface area (Å²) in [6.45, 7) is 0.0913. The van der Waals surface area contributed by atoms with E-state index in [0.29, 0.717) is 53.7 Å². The number of carbonyl (C=O) groups is 1. The largest absolute Gasteiger partial charge is 0.348 e. The van der Waals surface area contributed by atoms with Crippen molar-refractivity contribution in [1.82, 2.24) is 28.8 Å². The van der Waals surface area contributed by atoms with Gasteiger partial charge < -0.3 is 15.5 Å². The molecule has 13 heteroatoms. The first-order valence-electron chi connectivity index (χ1n) is 15.1. The van der Waals surface area contributed by atoms with Crippen LogP contribution in [-0.4, -0.2) is 35.5 Å². The van der Waals surface area contributed by atoms with Crippen LogP contribution in [0.15, 0.2) is 88.8 Å². The molecule has 4 aromatic heterocycles. The van der Waals surface area contributed by atoms with E-state index in [1.165, 1.54) is 45.6 Å². The summed E-state index contributed by atoms with van der Waals surface area (Å²) in [5.74, 6) is -2.02. The topological polar surface area (TPSA) is 129 Å². The minimum atomic E-state index is -0.722. The first-order chi connectivity index (χ1) is 22.7. The molecule has 1 fully saturated rings. The van der Waals surface area contributed by atoms with E-state index in [4.69, 9.17) is 5.73 Å². The second-order valence-corrected chi connectivity index (χ2v) is 11.6. The lowest BCUT2D eigenvalue weighted by Crippen LogP contribution is -2.45. The van der Waals surface area contributed by atoms with Crippen molar-refractivity contribution in [3.63, 3.8) is 0 Å². The van der Waals surface area contributed by atoms with E-state index in [1.54, 1.807) is 30.3 Å². The summed E-state index contributed by atoms with van der Waals surface area (Å²) < 4.78 is 45.8. The molecule has 0 unspecified atom stereocenters. The van der Waals surface area contributed by atoms with Crippen molar-refractivity contribution in [2.24, 2.45) is 5.73 Å². The molecule has 1 saturated carbocycles. The van der Waals surface area contributed by atoms with Crippen molar-refractivity contribution < 1.29 is 18.0 Å². The molecule has 0 saturated heterocycles. The monoisotopic (exact) mass is 639 g/mol. The lowest BCUT2D eigenvalue weighted by atomic mass is 9.90. The van der Waals surface area contributed by atoms with Gasteiger partial charge in [0, 0.05) is 31.0 Å². The number of nitrogens with zero attached hydrogens (tertiary/aromatic N) is 5. The lowest BCUT2D eigenvalue weighted by Gasteiger charge is -2.30. The van der Waals surface area contributed by atoms with Crippen molar-refractivity contribution in [3.8, 4) is 16.8 Å². The summed E-state index contributed by atoms with van der Waals surface area (Å²) in [5.41, 5.74) is 7.45. The van der Waals surface area contributed by atoms with Gasteiger partial charge in [0.05, 0.1) is 17.3 Å². The van der Waals surface area contributed by atoms with Crippen LogP contribution in [0.5, 0.6) is 0 Å². The number of carbonyl (C=O) groups excluding carboxylic acids is 1. The second-order valence-electron chi connectivity index (χ2n) is 11.6. The zero-order chi connectivity index (χ0) is 32.8. The Kier molecular flexibility index (Phi) is 7.68. The molecule has 238 valence electrons. The molecule has 0 aliphatic heterocycles. The molecule has 0 atom stereocenters. The SMILES string of the molecule is NCc1cc(F)ccc1-c1cccc(-n2c(=O)n([C@H]3CC[C@@H](NC(=O)c4cn5cc(F)ccc5n4)CC3)c(=O)c3cc(F)cnc32)c1. The normalized spacial score (nSPS) is 16.5. The Balaban J connectivity index is 1.21. The number of benzene rings is 2. The molecule has 7 rings (SSSR count). The number of aromatic nitrogens is 5. The number of fused-ring (bicyclic) bond motifs is 2. The van der Waals surface area contributed by atoms with E-state index in [1.807, 2.05) is 0 Å². The molecule has 3 N–H and O–H groups in total. The lowest BCUT2D eigenvalue weighted by molar-refractivity contribution is 0.0917. The Morgan fingerprint density at radius 3 is 2.49 bits per heavy atom. The minimum absolute atomic E-state index is 0.00115. The summed E-state index contributed by atoms with van der Waals surface area (Å²) in [7, 11) is 0. The number of imidazole rings is 1. The highest BCUT2D eigenvalue weighted by atomic mass is 19.1. The van der Waals surface area contributed by atoms with Gasteiger partial charge >= 0.3 is 5.69 Å². The zero-order valence-corrected chi connectivity index (χ0v) is 24.9. The molecule has 10 nitrogen and oxygen atoms in total. The van der Waals surface area contributed by atoms with Gasteiger partial charge in [0.1, 0.15) is 28.8 Å². The Labute approximate surface area is 264 Å². The van der Waals surface area contributed by atoms with Crippen LogP contribution in [-0.2, 0) is 6.54 Å². The fourth-order valence-corrected chi connectivity index (χ4v) is 6.37. The summed E-state index contributed by atoms with van der Waals surface area (Å²) in [6.07, 6.45) is 5.34. The Bertz CT molecular complexity index is 2310. The number of hydrogen-bond donors (Lipinski definition) is 2. The number of nitrogens with one attached hydrogen (secondary N) is 1. The fraction of sp³-hybridized carbons (Fsp3) is 0.206. The molecular formula is C34H28F3N7O3. The number of rotatable bonds is 6. The Morgan fingerprint density at radius 2 is 1.70 bits per heavy atom. The van der Waals surface area contributed by atoms with Gasteiger partial charge in [0.2, 0.25) is 0 Å². The second kappa shape index (κ2) is 12.0. The van der Waals surface area contributed by atoms with Gasteiger partial charge in [-0.05, 0) is 84.8 Å². The minimum Gasteiger partial charge on any atom is -0.348 e. The van der Waals surface area contributed by atoms with Crippen LogP contribution in [0, 0.1) is 17.5 Å². The molecule has 6 aromatic rings. The average Bonchev–Trinajstić information content (AvgIpc) is 3.49. The van der Waals surface area contributed by atoms with Crippen LogP contribution in [0.1, 0.15) is 47.8 Å². The Hall–Kier alpha value is -5.56. The zero-order valence-electron chi connectivity index (χ0n) is 24.9. The summed E-state index contributed by atoms with van der Waals surface area (Å²) >= 11 is 0. The molecular weight excluding hydrogens is 611 g/mol. The molecule has 2 aromatic carbocycles. The molecule has 1 aliphatic carbocycles. The molecule has 4 heterocycles. The molecule has 1 aliphatic rings. The van der Waals surface area contributed by atoms with Gasteiger partial charge in [0.15, 0.2) is 5.65 Å². The van der Waals surface area contributed by atoms with Gasteiger partial charge in [-0.1, -0.05) is 18.2 Å². The summed E-state index contributed by atoms with van der Waals surface area (Å²) in [4.78, 5) is 49.2. The Morgan fingerprint density at radius 1 is 0.915 bits per heavy atom. The predicted molar refractivity (Wildman–Crippen MR) is 169 cm³/mol. The predicted octanol–water partition coefficient (Wildman–Crippen LogP) is 4.65. The van der Waals surface area contributed by atoms with Crippen LogP contribution in [0.2, 0.25) is 0 Å². The summed E-state index contributed by atoms with van der Waals surface area (Å²) in [5, 5.41) is 2.89. The van der Waals surface area contributed by atoms with Gasteiger partial charge in [-0.3, -0.25) is 14.2 Å². The van der Waals surface area contributed by atoms with E-state index in [0.717, 1.165) is 16.8 Å². The first-order valence-corrected chi connectivity index (χ1v) is 15.1. The van der Waals surface area contributed by atoms with Crippen LogP contribution in [0.3, 0.4) is 0 Å². The van der Waals surface area contributed by atoms with Gasteiger partial charge in [-0.15, -0.1) is 0 Å². The van der Waals surface area contributed by atoms with Crippen molar-refractivity contribution in [1.29, 1.82) is 0 Å². The molecule has 47 heavy (non-hydrogen) atoms. The van der Waals surface area contributed by atoms with Crippen LogP contribution < -0.4 is 22.3 Å². The standard InChI is InChI=1S/C34H28F3N7O3/c35-21-4-10-27(20(12-21)15-38)19-2-1-3-26(13-19)43-31-28(14-23(37)16-39-31)33(46)44(34(43)47)25-8-6-24(7-9-25)40-32(45)29-18-42-17-22(36)5-11-30(42)41-29/h1-5,10-14,16-18,24-25H,6-9,15,38H2,(H,40,45)/t24-,25+. The third-order valence-electron chi connectivity index (χ3n) is 8.64. The number of nitrogens with two attached hydrogens (primary N) is 1. The maximum Gasteiger partial charge on any atom is 0.337 e. The maximum atomic E-state index is 14.4. The van der Waals surface area contributed by atoms with E-state index in [9.17, 15) is 27.6 Å². The molecule has 1 amide bonds. The quantitative estimate of drug-likeness (QED) is 0.273. The molecule has 0 bridgehead atoms. The van der Waals surface area contributed by atoms with Crippen LogP contribution in [0.4, 0.5) is 13.2 Å². The fourth-order valence-electron chi connectivity index (χ4n) is 6.37. The van der Waals surface area contributed by atoms with Crippen LogP contribution in [0.25, 0.3) is 33.5 Å². The highest BCUT2D eigenvalue weighted by Gasteiger charge is 2.28. The highest BCUT2D eigenvalue weighted by Crippen LogP contribution is 2.29. The number of halogens is 3. The van der Waals surface area contributed by atoms with Crippen molar-refractivity contribution >= 4 is 22.6 Å². The third kappa shape index (κ3) is 5.58. The van der Waals surface area contributed by atoms with E-state index in [2.05, 4.69) is 15.3 Å². The van der Waals surface area contributed by atoms with Crippen molar-refractivity contribution in [2.45, 2.75) is 44.3 Å². The van der Waals surface area contributed by atoms with Gasteiger partial charge in [-0.2, -0.15) is 0 Å². The maximum absolute atomic E-state index is 14.4. The van der Waals surface area contributed by atoms with E-state index < -0.39 is 40.6 Å². The van der Waals surface area contributed by atoms with Crippen molar-refractivity contribution in [3.05, 3.63) is 129 Å². The number of pyridine rings is 2. The average molecular weight is 640 g/mol. The van der Waals surface area contributed by atoms with E-state index in [-0.39, 0.29) is 29.3 Å². The van der Waals surface area contributed by atoms with E-state index >= 15 is 0 Å². The number of amides is 1. The molecule has 0 spiro atoms. The van der Waals surface area contributed by atoms with Gasteiger partial charge in [0.25, 0.3) is 11.5 Å². The molecule has 0 radical (unpaired) electrons. The summed E-state index contributed by atoms with van der Waals surface area (Å²) in [6, 6.07) is 14.2. The smallest absolute Gasteiger partial charge is 0.337 e.